The van der Waals surface area contributed by atoms with Crippen molar-refractivity contribution in [2.45, 2.75) is 26.2 Å². The van der Waals surface area contributed by atoms with Crippen LogP contribution in [0.1, 0.15) is 42.1 Å². The van der Waals surface area contributed by atoms with E-state index in [0.29, 0.717) is 11.3 Å². The van der Waals surface area contributed by atoms with Gasteiger partial charge in [-0.05, 0) is 30.0 Å². The summed E-state index contributed by atoms with van der Waals surface area (Å²) in [6.45, 7) is 3.88. The number of hydrogen-bond acceptors (Lipinski definition) is 3. The molecular formula is C11H15NO3. The van der Waals surface area contributed by atoms with Crippen LogP contribution in [0.3, 0.4) is 0 Å². The largest absolute Gasteiger partial charge is 0.507 e. The van der Waals surface area contributed by atoms with Crippen LogP contribution in [-0.2, 0) is 0 Å². The number of aromatic hydroxyl groups is 1. The molecule has 4 nitrogen and oxygen atoms in total. The van der Waals surface area contributed by atoms with Crippen LogP contribution in [0.4, 0.5) is 5.69 Å². The average Bonchev–Trinajstić information content (AvgIpc) is 2.19. The zero-order valence-corrected chi connectivity index (χ0v) is 8.82. The number of aromatic carboxylic acids is 1. The van der Waals surface area contributed by atoms with Gasteiger partial charge in [0.2, 0.25) is 0 Å². The molecule has 0 heterocycles. The molecule has 0 fully saturated rings. The van der Waals surface area contributed by atoms with Crippen molar-refractivity contribution in [1.82, 2.24) is 0 Å². The molecule has 1 aromatic rings. The van der Waals surface area contributed by atoms with Crippen molar-refractivity contribution in [2.75, 3.05) is 5.73 Å². The van der Waals surface area contributed by atoms with E-state index in [9.17, 15) is 9.90 Å². The molecule has 1 rings (SSSR count). The highest BCUT2D eigenvalue weighted by Gasteiger charge is 2.17. The number of benzene rings is 1. The molecule has 0 bridgehead atoms. The number of nitrogens with two attached hydrogens (primary N) is 1. The number of phenols is 1. The summed E-state index contributed by atoms with van der Waals surface area (Å²) in [5, 5.41) is 18.6. The van der Waals surface area contributed by atoms with Gasteiger partial charge >= 0.3 is 5.97 Å². The second-order valence-corrected chi connectivity index (χ2v) is 3.62. The first-order valence-corrected chi connectivity index (χ1v) is 4.83. The lowest BCUT2D eigenvalue weighted by atomic mass is 9.95. The maximum absolute atomic E-state index is 10.8. The molecule has 1 atom stereocenters. The minimum Gasteiger partial charge on any atom is -0.507 e. The zero-order chi connectivity index (χ0) is 11.6. The molecule has 0 aliphatic carbocycles. The highest BCUT2D eigenvalue weighted by atomic mass is 16.4. The van der Waals surface area contributed by atoms with E-state index in [2.05, 4.69) is 0 Å². The number of anilines is 1. The van der Waals surface area contributed by atoms with E-state index in [1.807, 2.05) is 13.8 Å². The molecule has 0 aliphatic rings. The summed E-state index contributed by atoms with van der Waals surface area (Å²) < 4.78 is 0. The molecular weight excluding hydrogens is 194 g/mol. The minimum atomic E-state index is -1.16. The van der Waals surface area contributed by atoms with Crippen molar-refractivity contribution in [1.29, 1.82) is 0 Å². The van der Waals surface area contributed by atoms with Gasteiger partial charge in [-0.3, -0.25) is 0 Å². The summed E-state index contributed by atoms with van der Waals surface area (Å²) in [5.41, 5.74) is 6.40. The van der Waals surface area contributed by atoms with Gasteiger partial charge < -0.3 is 15.9 Å². The number of carbonyl (C=O) groups is 1. The Morgan fingerprint density at radius 1 is 1.53 bits per heavy atom. The van der Waals surface area contributed by atoms with Gasteiger partial charge in [0.05, 0.1) is 0 Å². The Morgan fingerprint density at radius 2 is 2.13 bits per heavy atom. The summed E-state index contributed by atoms with van der Waals surface area (Å²) in [6, 6.07) is 2.89. The molecule has 4 heteroatoms. The predicted octanol–water partition coefficient (Wildman–Crippen LogP) is 2.19. The first-order chi connectivity index (χ1) is 6.97. The third-order valence-corrected chi connectivity index (χ3v) is 2.54. The molecule has 1 aromatic carbocycles. The first-order valence-electron chi connectivity index (χ1n) is 4.83. The number of hydrogen-bond donors (Lipinski definition) is 3. The van der Waals surface area contributed by atoms with Crippen LogP contribution in [0.2, 0.25) is 0 Å². The lowest BCUT2D eigenvalue weighted by Gasteiger charge is -2.13. The van der Waals surface area contributed by atoms with Gasteiger partial charge in [-0.25, -0.2) is 4.79 Å². The Morgan fingerprint density at radius 3 is 2.60 bits per heavy atom. The molecule has 0 amide bonds. The minimum absolute atomic E-state index is 0.0894. The molecule has 0 spiro atoms. The fourth-order valence-electron chi connectivity index (χ4n) is 1.44. The highest BCUT2D eigenvalue weighted by molar-refractivity contribution is 5.92. The van der Waals surface area contributed by atoms with Gasteiger partial charge in [0.1, 0.15) is 11.3 Å². The quantitative estimate of drug-likeness (QED) is 0.526. The van der Waals surface area contributed by atoms with E-state index in [1.165, 1.54) is 6.07 Å². The average molecular weight is 209 g/mol. The third kappa shape index (κ3) is 2.21. The van der Waals surface area contributed by atoms with Gasteiger partial charge in [0, 0.05) is 5.69 Å². The summed E-state index contributed by atoms with van der Waals surface area (Å²) in [5.74, 6) is -1.25. The van der Waals surface area contributed by atoms with Crippen molar-refractivity contribution in [3.05, 3.63) is 23.3 Å². The lowest BCUT2D eigenvalue weighted by Crippen LogP contribution is -2.03. The van der Waals surface area contributed by atoms with E-state index in [0.717, 1.165) is 6.42 Å². The predicted molar refractivity (Wildman–Crippen MR) is 58.2 cm³/mol. The molecule has 0 aromatic heterocycles. The topological polar surface area (TPSA) is 83.6 Å². The van der Waals surface area contributed by atoms with Crippen molar-refractivity contribution in [2.24, 2.45) is 0 Å². The first kappa shape index (κ1) is 11.4. The van der Waals surface area contributed by atoms with E-state index in [4.69, 9.17) is 10.8 Å². The molecule has 82 valence electrons. The van der Waals surface area contributed by atoms with Gasteiger partial charge in [-0.15, -0.1) is 0 Å². The second kappa shape index (κ2) is 4.21. The van der Waals surface area contributed by atoms with Crippen molar-refractivity contribution in [3.63, 3.8) is 0 Å². The van der Waals surface area contributed by atoms with Crippen LogP contribution >= 0.6 is 0 Å². The van der Waals surface area contributed by atoms with Gasteiger partial charge in [-0.1, -0.05) is 13.8 Å². The Labute approximate surface area is 88.3 Å². The number of nitrogen functional groups attached to an aromatic ring is 1. The second-order valence-electron chi connectivity index (χ2n) is 3.62. The highest BCUT2D eigenvalue weighted by Crippen LogP contribution is 2.33. The normalized spacial score (nSPS) is 12.4. The summed E-state index contributed by atoms with van der Waals surface area (Å²) in [6.07, 6.45) is 0.816. The standard InChI is InChI=1S/C11H15NO3/c1-3-6(2)8-4-7(12)5-9(10(8)13)11(14)15/h4-6,13H,3,12H2,1-2H3,(H,14,15)/t6-/m0/s1. The smallest absolute Gasteiger partial charge is 0.339 e. The van der Waals surface area contributed by atoms with Crippen molar-refractivity contribution in [3.8, 4) is 5.75 Å². The van der Waals surface area contributed by atoms with Crippen LogP contribution in [0, 0.1) is 0 Å². The van der Waals surface area contributed by atoms with E-state index in [-0.39, 0.29) is 17.2 Å². The number of carboxylic acids is 1. The number of carboxylic acid groups (broad SMARTS) is 1. The van der Waals surface area contributed by atoms with Gasteiger partial charge in [0.15, 0.2) is 0 Å². The van der Waals surface area contributed by atoms with E-state index < -0.39 is 5.97 Å². The molecule has 0 aliphatic heterocycles. The summed E-state index contributed by atoms with van der Waals surface area (Å²) >= 11 is 0. The Kier molecular flexibility index (Phi) is 3.19. The van der Waals surface area contributed by atoms with Crippen molar-refractivity contribution < 1.29 is 15.0 Å². The maximum atomic E-state index is 10.8. The summed E-state index contributed by atoms with van der Waals surface area (Å²) in [7, 11) is 0. The zero-order valence-electron chi connectivity index (χ0n) is 8.82. The third-order valence-electron chi connectivity index (χ3n) is 2.54. The van der Waals surface area contributed by atoms with Crippen LogP contribution in [-0.4, -0.2) is 16.2 Å². The number of rotatable bonds is 3. The fraction of sp³-hybridized carbons (Fsp3) is 0.364. The molecule has 0 saturated carbocycles. The van der Waals surface area contributed by atoms with Gasteiger partial charge in [0.25, 0.3) is 0 Å². The maximum Gasteiger partial charge on any atom is 0.339 e. The van der Waals surface area contributed by atoms with E-state index in [1.54, 1.807) is 6.07 Å². The van der Waals surface area contributed by atoms with Crippen LogP contribution in [0.15, 0.2) is 12.1 Å². The summed E-state index contributed by atoms with van der Waals surface area (Å²) in [4.78, 5) is 10.8. The van der Waals surface area contributed by atoms with Gasteiger partial charge in [-0.2, -0.15) is 0 Å². The van der Waals surface area contributed by atoms with Crippen LogP contribution < -0.4 is 5.73 Å². The van der Waals surface area contributed by atoms with Crippen molar-refractivity contribution >= 4 is 11.7 Å². The molecule has 0 unspecified atom stereocenters. The SMILES string of the molecule is CC[C@H](C)c1cc(N)cc(C(=O)O)c1O. The molecule has 15 heavy (non-hydrogen) atoms. The van der Waals surface area contributed by atoms with E-state index >= 15 is 0 Å². The molecule has 0 radical (unpaired) electrons. The Hall–Kier alpha value is -1.71. The Bertz CT molecular complexity index is 388. The monoisotopic (exact) mass is 209 g/mol. The Balaban J connectivity index is 3.34. The van der Waals surface area contributed by atoms with Crippen LogP contribution in [0.5, 0.6) is 5.75 Å². The molecule has 4 N–H and O–H groups in total. The van der Waals surface area contributed by atoms with Crippen LogP contribution in [0.25, 0.3) is 0 Å². The fourth-order valence-corrected chi connectivity index (χ4v) is 1.44. The molecule has 0 saturated heterocycles. The lowest BCUT2D eigenvalue weighted by molar-refractivity contribution is 0.0693.